The molecule has 0 fully saturated rings. The molecule has 0 aliphatic rings. The van der Waals surface area contributed by atoms with E-state index in [1.165, 1.54) is 127 Å². The van der Waals surface area contributed by atoms with Gasteiger partial charge in [0.15, 0.2) is 139 Å². The number of benzene rings is 12. The van der Waals surface area contributed by atoms with Gasteiger partial charge in [-0.15, -0.1) is 0 Å². The van der Waals surface area contributed by atoms with Crippen LogP contribution in [-0.2, 0) is 9.53 Å². The van der Waals surface area contributed by atoms with Crippen molar-refractivity contribution in [1.29, 1.82) is 0 Å². The molecular weight excluding hydrogens is 1480 g/mol. The van der Waals surface area contributed by atoms with Crippen molar-refractivity contribution >= 4 is 70.6 Å². The third-order valence-corrected chi connectivity index (χ3v) is 17.6. The topological polar surface area (TPSA) is 119 Å². The lowest BCUT2D eigenvalue weighted by Crippen LogP contribution is -2.09. The van der Waals surface area contributed by atoms with Crippen LogP contribution in [0.5, 0.6) is 57.5 Å². The highest BCUT2D eigenvalue weighted by molar-refractivity contribution is 6.34. The Morgan fingerprint density at radius 3 is 0.648 bits per heavy atom. The van der Waals surface area contributed by atoms with Gasteiger partial charge in [0.1, 0.15) is 0 Å². The molecule has 0 N–H and O–H groups in total. The molecular formula is C76H52F20O12. The number of aryl methyl sites for hydroxylation is 2. The molecule has 12 rings (SSSR count). The Balaban J connectivity index is 0.000000214. The second kappa shape index (κ2) is 30.3. The van der Waals surface area contributed by atoms with Crippen LogP contribution in [0.15, 0.2) is 48.5 Å². The van der Waals surface area contributed by atoms with Gasteiger partial charge < -0.3 is 52.1 Å². The van der Waals surface area contributed by atoms with Crippen LogP contribution >= 0.6 is 0 Å². The average molecular weight is 1540 g/mol. The molecule has 0 bridgehead atoms. The minimum atomic E-state index is -2.57. The zero-order valence-corrected chi connectivity index (χ0v) is 58.3. The molecule has 0 spiro atoms. The summed E-state index contributed by atoms with van der Waals surface area (Å²) in [6.07, 6.45) is 0. The largest absolute Gasteiger partial charge is 0.493 e. The fourth-order valence-corrected chi connectivity index (χ4v) is 13.1. The first kappa shape index (κ1) is 78.8. The molecule has 108 heavy (non-hydrogen) atoms. The van der Waals surface area contributed by atoms with Crippen molar-refractivity contribution in [3.63, 3.8) is 0 Å². The summed E-state index contributed by atoms with van der Waals surface area (Å²) in [4.78, 5) is 9.82. The van der Waals surface area contributed by atoms with Gasteiger partial charge in [-0.3, -0.25) is 4.79 Å². The average Bonchev–Trinajstić information content (AvgIpc) is 0.701. The smallest absolute Gasteiger partial charge is 0.302 e. The molecule has 0 unspecified atom stereocenters. The van der Waals surface area contributed by atoms with E-state index in [2.05, 4.69) is 4.74 Å². The Morgan fingerprint density at radius 2 is 0.444 bits per heavy atom. The lowest BCUT2D eigenvalue weighted by Gasteiger charge is -2.24. The zero-order valence-electron chi connectivity index (χ0n) is 58.3. The molecule has 0 radical (unpaired) electrons. The van der Waals surface area contributed by atoms with Crippen molar-refractivity contribution in [3.8, 4) is 102 Å². The van der Waals surface area contributed by atoms with Gasteiger partial charge in [0.25, 0.3) is 0 Å². The molecule has 12 aromatic carbocycles. The van der Waals surface area contributed by atoms with Gasteiger partial charge in [-0.1, -0.05) is 12.1 Å². The second-order valence-electron chi connectivity index (χ2n) is 23.1. The Labute approximate surface area is 596 Å². The number of carbonyl (C=O) groups is 1. The van der Waals surface area contributed by atoms with E-state index in [1.54, 1.807) is 6.92 Å². The van der Waals surface area contributed by atoms with Crippen LogP contribution in [0.3, 0.4) is 0 Å². The molecule has 0 aliphatic heterocycles. The molecule has 0 heterocycles. The van der Waals surface area contributed by atoms with Crippen molar-refractivity contribution in [3.05, 3.63) is 176 Å². The van der Waals surface area contributed by atoms with Gasteiger partial charge in [-0.05, 0) is 133 Å². The van der Waals surface area contributed by atoms with Crippen LogP contribution in [0.2, 0.25) is 0 Å². The first-order valence-corrected chi connectivity index (χ1v) is 30.9. The van der Waals surface area contributed by atoms with Gasteiger partial charge in [0.05, 0.1) is 100.0 Å². The van der Waals surface area contributed by atoms with Crippen molar-refractivity contribution < 1.29 is 145 Å². The number of hydrogen-bond acceptors (Lipinski definition) is 12. The van der Waals surface area contributed by atoms with E-state index in [4.69, 9.17) is 47.4 Å². The molecule has 0 amide bonds. The summed E-state index contributed by atoms with van der Waals surface area (Å²) < 4.78 is 363. The lowest BCUT2D eigenvalue weighted by atomic mass is 9.81. The summed E-state index contributed by atoms with van der Waals surface area (Å²) >= 11 is 0. The monoisotopic (exact) mass is 1540 g/mol. The minimum absolute atomic E-state index is 0.0240. The van der Waals surface area contributed by atoms with Crippen LogP contribution < -0.4 is 47.4 Å². The third kappa shape index (κ3) is 12.2. The molecule has 0 saturated heterocycles. The highest BCUT2D eigenvalue weighted by Crippen LogP contribution is 2.58. The number of hydrogen-bond donors (Lipinski definition) is 0. The van der Waals surface area contributed by atoms with E-state index >= 15 is 52.7 Å². The SMILES string of the molecule is CCOC(C)=O.COc1cc2c(cc1OC)c1c(OC)c(OC)c(OC)cc1c1c(-c3c(F)c(F)c(F)c(F)c3F)c(-c3c(F)c(F)c(F)c(F)c3F)c(C)cc21.COc1cc2c(cc1OC)c1c(OC)c(OC)c(OC)cc1c1c(-c3c(F)c(F)c(F)c(F)c3F)c(-c3c(F)c(F)c(F)c(F)c3F)c(C)cc21. The molecule has 12 nitrogen and oxygen atoms in total. The molecule has 568 valence electrons. The maximum Gasteiger partial charge on any atom is 0.302 e. The Kier molecular flexibility index (Phi) is 22.1. The van der Waals surface area contributed by atoms with E-state index in [1.807, 2.05) is 0 Å². The fraction of sp³-hybridized carbons (Fsp3) is 0.197. The normalized spacial score (nSPS) is 11.3. The Morgan fingerprint density at radius 1 is 0.241 bits per heavy atom. The summed E-state index contributed by atoms with van der Waals surface area (Å²) in [5, 5.41) is -0.546. The highest BCUT2D eigenvalue weighted by atomic mass is 19.2. The molecule has 0 atom stereocenters. The van der Waals surface area contributed by atoms with E-state index in [9.17, 15) is 39.9 Å². The predicted molar refractivity (Wildman–Crippen MR) is 356 cm³/mol. The van der Waals surface area contributed by atoms with Crippen LogP contribution in [-0.4, -0.2) is 83.7 Å². The number of methoxy groups -OCH3 is 10. The van der Waals surface area contributed by atoms with E-state index < -0.39 is 183 Å². The molecule has 0 aromatic heterocycles. The number of esters is 1. The van der Waals surface area contributed by atoms with E-state index in [-0.39, 0.29) is 117 Å². The number of rotatable bonds is 15. The minimum Gasteiger partial charge on any atom is -0.493 e. The Bertz CT molecular complexity index is 5350. The van der Waals surface area contributed by atoms with Crippen molar-refractivity contribution in [2.45, 2.75) is 27.7 Å². The van der Waals surface area contributed by atoms with Gasteiger partial charge in [0, 0.05) is 28.8 Å². The molecule has 0 aliphatic carbocycles. The highest BCUT2D eigenvalue weighted by Gasteiger charge is 2.39. The zero-order chi connectivity index (χ0) is 79.7. The first-order valence-electron chi connectivity index (χ1n) is 30.9. The predicted octanol–water partition coefficient (Wildman–Crippen LogP) is 21.0. The van der Waals surface area contributed by atoms with Crippen LogP contribution in [0.4, 0.5) is 87.8 Å². The van der Waals surface area contributed by atoms with Gasteiger partial charge >= 0.3 is 5.97 Å². The molecule has 32 heteroatoms. The second-order valence-corrected chi connectivity index (χ2v) is 23.1. The number of carbonyl (C=O) groups excluding carboxylic acids is 1. The van der Waals surface area contributed by atoms with E-state index in [0.717, 1.165) is 13.8 Å². The maximum atomic E-state index is 16.0. The summed E-state index contributed by atoms with van der Waals surface area (Å²) in [6, 6.07) is 10.6. The van der Waals surface area contributed by atoms with Crippen LogP contribution in [0.25, 0.3) is 109 Å². The summed E-state index contributed by atoms with van der Waals surface area (Å²) in [5.41, 5.74) is -12.0. The van der Waals surface area contributed by atoms with Crippen molar-refractivity contribution in [2.75, 3.05) is 77.7 Å². The van der Waals surface area contributed by atoms with Crippen LogP contribution in [0.1, 0.15) is 25.0 Å². The maximum absolute atomic E-state index is 16.0. The number of fused-ring (bicyclic) bond motifs is 12. The standard InChI is InChI=1S/2C36H22F10O5.C4H8O2/c2*1-11-7-13-12-8-16(47-2)17(48-3)9-14(12)21-15(10-18(49-4)35(50-5)36(21)51-6)20(13)22(24-27(39)31(43)34(46)32(44)28(24)40)19(11)23-25(37)29(41)33(45)30(42)26(23)38;1-3-6-4(2)5/h2*7-10H,1-6H3;3H2,1-2H3. The fourth-order valence-electron chi connectivity index (χ4n) is 13.1. The van der Waals surface area contributed by atoms with Gasteiger partial charge in [0.2, 0.25) is 34.8 Å². The summed E-state index contributed by atoms with van der Waals surface area (Å²) in [7, 11) is 12.6. The van der Waals surface area contributed by atoms with Crippen molar-refractivity contribution in [2.24, 2.45) is 0 Å². The lowest BCUT2D eigenvalue weighted by molar-refractivity contribution is -0.140. The summed E-state index contributed by atoms with van der Waals surface area (Å²) in [6.45, 7) is 5.84. The quantitative estimate of drug-likeness (QED) is 0.0320. The number of ether oxygens (including phenoxy) is 11. The van der Waals surface area contributed by atoms with E-state index in [0.29, 0.717) is 6.61 Å². The molecule has 12 aromatic rings. The third-order valence-electron chi connectivity index (χ3n) is 17.6. The van der Waals surface area contributed by atoms with Crippen LogP contribution in [0, 0.1) is 130 Å². The molecule has 0 saturated carbocycles. The summed E-state index contributed by atoms with van der Waals surface area (Å²) in [5.74, 6) is -49.5. The first-order chi connectivity index (χ1) is 51.2. The number of halogens is 20. The van der Waals surface area contributed by atoms with Gasteiger partial charge in [-0.2, -0.15) is 0 Å². The van der Waals surface area contributed by atoms with Gasteiger partial charge in [-0.25, -0.2) is 87.8 Å². The van der Waals surface area contributed by atoms with Crippen molar-refractivity contribution in [1.82, 2.24) is 0 Å². The Hall–Kier alpha value is -11.7.